The summed E-state index contributed by atoms with van der Waals surface area (Å²) in [7, 11) is 0. The molecule has 1 aliphatic heterocycles. The smallest absolute Gasteiger partial charge is 0.267 e. The quantitative estimate of drug-likeness (QED) is 0.364. The van der Waals surface area contributed by atoms with Gasteiger partial charge in [-0.15, -0.1) is 0 Å². The highest BCUT2D eigenvalue weighted by Crippen LogP contribution is 2.41. The van der Waals surface area contributed by atoms with Crippen LogP contribution in [0.2, 0.25) is 0 Å². The normalized spacial score (nSPS) is 23.2. The van der Waals surface area contributed by atoms with Crippen LogP contribution in [0.15, 0.2) is 76.6 Å². The van der Waals surface area contributed by atoms with Crippen molar-refractivity contribution in [3.8, 4) is 5.75 Å². The van der Waals surface area contributed by atoms with Gasteiger partial charge in [0.2, 0.25) is 0 Å². The molecule has 0 bridgehead atoms. The largest absolute Gasteiger partial charge is 0.493 e. The summed E-state index contributed by atoms with van der Waals surface area (Å²) in [5.74, 6) is 1.40. The molecule has 2 atom stereocenters. The second kappa shape index (κ2) is 10.1. The molecule has 4 nitrogen and oxygen atoms in total. The molecule has 1 saturated heterocycles. The molecular formula is C29H30N2O2S. The Bertz CT molecular complexity index is 1250. The van der Waals surface area contributed by atoms with Gasteiger partial charge in [-0.2, -0.15) is 0 Å². The van der Waals surface area contributed by atoms with Gasteiger partial charge in [0.15, 0.2) is 5.17 Å². The van der Waals surface area contributed by atoms with Crippen LogP contribution in [0.3, 0.4) is 0 Å². The third kappa shape index (κ3) is 4.49. The summed E-state index contributed by atoms with van der Waals surface area (Å²) in [5, 5.41) is 2.93. The van der Waals surface area contributed by atoms with Crippen molar-refractivity contribution in [3.05, 3.63) is 77.2 Å². The predicted molar refractivity (Wildman–Crippen MR) is 142 cm³/mol. The van der Waals surface area contributed by atoms with Crippen molar-refractivity contribution in [1.82, 2.24) is 4.90 Å². The van der Waals surface area contributed by atoms with Gasteiger partial charge in [-0.05, 0) is 72.7 Å². The fourth-order valence-corrected chi connectivity index (χ4v) is 6.03. The van der Waals surface area contributed by atoms with Crippen molar-refractivity contribution in [2.24, 2.45) is 10.9 Å². The van der Waals surface area contributed by atoms with Crippen LogP contribution in [0.4, 0.5) is 5.69 Å². The molecule has 1 heterocycles. The standard InChI is InChI=1S/C29H30N2O2S/c1-3-33-26-18-17-21(23-14-8-9-15-24(23)26)19-27-28(32)31(25-16-10-7-11-20(25)2)29(34-27)30-22-12-5-4-6-13-22/h4-6,8-9,12-15,17-20,25H,3,7,10-11,16H2,1-2H3/b27-19-,30-29?/t20-,25-/m0/s1. The van der Waals surface area contributed by atoms with Crippen molar-refractivity contribution in [2.75, 3.05) is 6.61 Å². The zero-order valence-corrected chi connectivity index (χ0v) is 20.6. The second-order valence-corrected chi connectivity index (χ2v) is 9.99. The first kappa shape index (κ1) is 22.7. The lowest BCUT2D eigenvalue weighted by Crippen LogP contribution is -2.44. The van der Waals surface area contributed by atoms with Gasteiger partial charge in [-0.3, -0.25) is 9.69 Å². The van der Waals surface area contributed by atoms with E-state index in [1.807, 2.05) is 72.5 Å². The van der Waals surface area contributed by atoms with Crippen LogP contribution < -0.4 is 4.74 Å². The average molecular weight is 471 g/mol. The zero-order valence-electron chi connectivity index (χ0n) is 19.7. The van der Waals surface area contributed by atoms with Gasteiger partial charge in [0, 0.05) is 11.4 Å². The summed E-state index contributed by atoms with van der Waals surface area (Å²) >= 11 is 1.49. The molecule has 1 amide bonds. The Kier molecular flexibility index (Phi) is 6.73. The number of carbonyl (C=O) groups excluding carboxylic acids is 1. The summed E-state index contributed by atoms with van der Waals surface area (Å²) in [6.07, 6.45) is 6.60. The van der Waals surface area contributed by atoms with Crippen LogP contribution in [0.25, 0.3) is 16.8 Å². The molecule has 174 valence electrons. The predicted octanol–water partition coefficient (Wildman–Crippen LogP) is 7.42. The molecule has 1 aliphatic carbocycles. The summed E-state index contributed by atoms with van der Waals surface area (Å²) in [6.45, 7) is 4.88. The average Bonchev–Trinajstić information content (AvgIpc) is 3.16. The van der Waals surface area contributed by atoms with Crippen LogP contribution in [0, 0.1) is 5.92 Å². The topological polar surface area (TPSA) is 41.9 Å². The number of hydrogen-bond donors (Lipinski definition) is 0. The number of rotatable bonds is 5. The van der Waals surface area contributed by atoms with E-state index >= 15 is 0 Å². The number of hydrogen-bond acceptors (Lipinski definition) is 4. The lowest BCUT2D eigenvalue weighted by molar-refractivity contribution is -0.124. The Morgan fingerprint density at radius 1 is 1.00 bits per heavy atom. The third-order valence-corrected chi connectivity index (χ3v) is 7.70. The Morgan fingerprint density at radius 2 is 1.74 bits per heavy atom. The Morgan fingerprint density at radius 3 is 2.50 bits per heavy atom. The highest BCUT2D eigenvalue weighted by molar-refractivity contribution is 8.18. The molecule has 2 fully saturated rings. The van der Waals surface area contributed by atoms with E-state index in [1.54, 1.807) is 0 Å². The molecule has 0 unspecified atom stereocenters. The molecule has 0 radical (unpaired) electrons. The molecule has 2 aliphatic rings. The molecule has 3 aromatic rings. The Hall–Kier alpha value is -3.05. The van der Waals surface area contributed by atoms with Crippen molar-refractivity contribution >= 4 is 45.4 Å². The zero-order chi connectivity index (χ0) is 23.5. The van der Waals surface area contributed by atoms with E-state index in [0.29, 0.717) is 12.5 Å². The molecule has 0 aromatic heterocycles. The van der Waals surface area contributed by atoms with Gasteiger partial charge in [0.05, 0.1) is 17.2 Å². The molecule has 5 rings (SSSR count). The first-order valence-corrected chi connectivity index (χ1v) is 13.0. The van der Waals surface area contributed by atoms with Crippen molar-refractivity contribution < 1.29 is 9.53 Å². The minimum atomic E-state index is 0.0661. The number of thioether (sulfide) groups is 1. The number of para-hydroxylation sites is 1. The van der Waals surface area contributed by atoms with Crippen LogP contribution in [0.5, 0.6) is 5.75 Å². The second-order valence-electron chi connectivity index (χ2n) is 8.98. The van der Waals surface area contributed by atoms with Crippen molar-refractivity contribution in [2.45, 2.75) is 45.6 Å². The van der Waals surface area contributed by atoms with E-state index in [-0.39, 0.29) is 11.9 Å². The fraction of sp³-hybridized carbons (Fsp3) is 0.310. The third-order valence-electron chi connectivity index (χ3n) is 6.72. The summed E-state index contributed by atoms with van der Waals surface area (Å²) in [5.41, 5.74) is 1.89. The lowest BCUT2D eigenvalue weighted by atomic mass is 9.85. The summed E-state index contributed by atoms with van der Waals surface area (Å²) < 4.78 is 5.84. The summed E-state index contributed by atoms with van der Waals surface area (Å²) in [4.78, 5) is 21.4. The molecule has 3 aromatic carbocycles. The SMILES string of the molecule is CCOc1ccc(/C=C2\SC(=Nc3ccccc3)N([C@H]3CCCC[C@@H]3C)C2=O)c2ccccc12. The first-order valence-electron chi connectivity index (χ1n) is 12.2. The number of benzene rings is 3. The molecule has 34 heavy (non-hydrogen) atoms. The first-order chi connectivity index (χ1) is 16.7. The van der Waals surface area contributed by atoms with Gasteiger partial charge >= 0.3 is 0 Å². The number of fused-ring (bicyclic) bond motifs is 1. The van der Waals surface area contributed by atoms with Crippen molar-refractivity contribution in [1.29, 1.82) is 0 Å². The maximum atomic E-state index is 13.8. The molecular weight excluding hydrogens is 440 g/mol. The maximum absolute atomic E-state index is 13.8. The number of ether oxygens (including phenoxy) is 1. The molecule has 5 heteroatoms. The number of nitrogens with zero attached hydrogens (tertiary/aromatic N) is 2. The van der Waals surface area contributed by atoms with E-state index in [2.05, 4.69) is 19.1 Å². The highest BCUT2D eigenvalue weighted by Gasteiger charge is 2.41. The minimum absolute atomic E-state index is 0.0661. The maximum Gasteiger partial charge on any atom is 0.267 e. The highest BCUT2D eigenvalue weighted by atomic mass is 32.2. The van der Waals surface area contributed by atoms with E-state index in [0.717, 1.165) is 57.1 Å². The van der Waals surface area contributed by atoms with E-state index in [1.165, 1.54) is 18.2 Å². The number of carbonyl (C=O) groups is 1. The van der Waals surface area contributed by atoms with Crippen LogP contribution in [-0.2, 0) is 4.79 Å². The van der Waals surface area contributed by atoms with Crippen LogP contribution >= 0.6 is 11.8 Å². The van der Waals surface area contributed by atoms with Crippen LogP contribution in [0.1, 0.15) is 45.1 Å². The molecule has 0 N–H and O–H groups in total. The molecule has 0 spiro atoms. The molecule has 1 saturated carbocycles. The van der Waals surface area contributed by atoms with Crippen molar-refractivity contribution in [3.63, 3.8) is 0 Å². The van der Waals surface area contributed by atoms with E-state index in [4.69, 9.17) is 9.73 Å². The lowest BCUT2D eigenvalue weighted by Gasteiger charge is -2.35. The van der Waals surface area contributed by atoms with Gasteiger partial charge in [-0.1, -0.05) is 68.3 Å². The van der Waals surface area contributed by atoms with Gasteiger partial charge in [0.25, 0.3) is 5.91 Å². The van der Waals surface area contributed by atoms with Gasteiger partial charge in [0.1, 0.15) is 5.75 Å². The fourth-order valence-electron chi connectivity index (χ4n) is 4.99. The Labute approximate surface area is 205 Å². The summed E-state index contributed by atoms with van der Waals surface area (Å²) in [6, 6.07) is 22.4. The minimum Gasteiger partial charge on any atom is -0.493 e. The van der Waals surface area contributed by atoms with Gasteiger partial charge < -0.3 is 4.74 Å². The van der Waals surface area contributed by atoms with Crippen LogP contribution in [-0.4, -0.2) is 28.6 Å². The monoisotopic (exact) mass is 470 g/mol. The van der Waals surface area contributed by atoms with Gasteiger partial charge in [-0.25, -0.2) is 4.99 Å². The van der Waals surface area contributed by atoms with E-state index in [9.17, 15) is 4.79 Å². The Balaban J connectivity index is 1.57. The number of aliphatic imine (C=N–C) groups is 1. The number of amides is 1. The van der Waals surface area contributed by atoms with E-state index < -0.39 is 0 Å². The number of amidine groups is 1.